The van der Waals surface area contributed by atoms with Crippen LogP contribution in [0.4, 0.5) is 8.78 Å². The summed E-state index contributed by atoms with van der Waals surface area (Å²) in [5.74, 6) is -2.90. The van der Waals surface area contributed by atoms with Crippen molar-refractivity contribution in [3.8, 4) is 5.75 Å². The Kier molecular flexibility index (Phi) is 3.25. The zero-order chi connectivity index (χ0) is 11.6. The monoisotopic (exact) mass is 237 g/mol. The Hall–Kier alpha value is -1.21. The summed E-state index contributed by atoms with van der Waals surface area (Å²) in [4.78, 5) is 0. The van der Waals surface area contributed by atoms with Crippen molar-refractivity contribution >= 4 is 10.0 Å². The SMILES string of the molecule is COc1cc(F)c(CS(N)(=O)=O)c(F)c1. The Morgan fingerprint density at radius 2 is 1.80 bits per heavy atom. The number of rotatable bonds is 3. The van der Waals surface area contributed by atoms with Gasteiger partial charge in [-0.1, -0.05) is 0 Å². The van der Waals surface area contributed by atoms with E-state index in [2.05, 4.69) is 9.88 Å². The third kappa shape index (κ3) is 3.14. The van der Waals surface area contributed by atoms with E-state index in [1.165, 1.54) is 7.11 Å². The molecule has 0 amide bonds. The predicted octanol–water partition coefficient (Wildman–Crippen LogP) is 0.762. The van der Waals surface area contributed by atoms with Crippen molar-refractivity contribution in [2.24, 2.45) is 5.14 Å². The molecule has 0 atom stereocenters. The summed E-state index contributed by atoms with van der Waals surface area (Å²) in [5.41, 5.74) is -0.585. The molecule has 2 N–H and O–H groups in total. The van der Waals surface area contributed by atoms with Gasteiger partial charge in [-0.2, -0.15) is 0 Å². The summed E-state index contributed by atoms with van der Waals surface area (Å²) in [6.45, 7) is 0. The highest BCUT2D eigenvalue weighted by atomic mass is 32.2. The van der Waals surface area contributed by atoms with Gasteiger partial charge in [0.1, 0.15) is 17.4 Å². The van der Waals surface area contributed by atoms with Crippen LogP contribution in [0.15, 0.2) is 12.1 Å². The van der Waals surface area contributed by atoms with Crippen LogP contribution in [0.1, 0.15) is 5.56 Å². The number of nitrogens with two attached hydrogens (primary N) is 1. The highest BCUT2D eigenvalue weighted by molar-refractivity contribution is 7.88. The van der Waals surface area contributed by atoms with Gasteiger partial charge in [0.25, 0.3) is 0 Å². The van der Waals surface area contributed by atoms with Gasteiger partial charge < -0.3 is 4.74 Å². The molecular formula is C8H9F2NO3S. The molecule has 0 heterocycles. The first-order chi connectivity index (χ1) is 6.83. The Balaban J connectivity index is 3.20. The standard InChI is InChI=1S/C8H9F2NO3S/c1-14-5-2-7(9)6(8(10)3-5)4-15(11,12)13/h2-3H,4H2,1H3,(H2,11,12,13). The fraction of sp³-hybridized carbons (Fsp3) is 0.250. The maximum atomic E-state index is 13.2. The first kappa shape index (κ1) is 11.9. The minimum atomic E-state index is -3.96. The van der Waals surface area contributed by atoms with Crippen LogP contribution in [0.3, 0.4) is 0 Å². The van der Waals surface area contributed by atoms with Crippen LogP contribution < -0.4 is 9.88 Å². The van der Waals surface area contributed by atoms with E-state index in [1.807, 2.05) is 0 Å². The number of hydrogen-bond acceptors (Lipinski definition) is 3. The summed E-state index contributed by atoms with van der Waals surface area (Å²) >= 11 is 0. The first-order valence-electron chi connectivity index (χ1n) is 3.86. The second-order valence-corrected chi connectivity index (χ2v) is 4.49. The summed E-state index contributed by atoms with van der Waals surface area (Å²) in [6.07, 6.45) is 0. The van der Waals surface area contributed by atoms with Gasteiger partial charge in [-0.15, -0.1) is 0 Å². The van der Waals surface area contributed by atoms with E-state index < -0.39 is 33.0 Å². The molecule has 0 unspecified atom stereocenters. The normalized spacial score (nSPS) is 11.5. The van der Waals surface area contributed by atoms with E-state index in [0.29, 0.717) is 0 Å². The van der Waals surface area contributed by atoms with E-state index in [0.717, 1.165) is 12.1 Å². The zero-order valence-electron chi connectivity index (χ0n) is 7.83. The van der Waals surface area contributed by atoms with Crippen molar-refractivity contribution in [2.75, 3.05) is 7.11 Å². The molecule has 0 aliphatic heterocycles. The number of ether oxygens (including phenoxy) is 1. The Bertz CT molecular complexity index is 450. The fourth-order valence-corrected chi connectivity index (χ4v) is 1.71. The van der Waals surface area contributed by atoms with Gasteiger partial charge in [-0.05, 0) is 0 Å². The average Bonchev–Trinajstić information content (AvgIpc) is 2.09. The van der Waals surface area contributed by atoms with Crippen LogP contribution in [-0.4, -0.2) is 15.5 Å². The summed E-state index contributed by atoms with van der Waals surface area (Å²) < 4.78 is 52.3. The summed E-state index contributed by atoms with van der Waals surface area (Å²) in [7, 11) is -2.72. The largest absolute Gasteiger partial charge is 0.497 e. The lowest BCUT2D eigenvalue weighted by atomic mass is 10.2. The number of benzene rings is 1. The molecule has 0 fully saturated rings. The lowest BCUT2D eigenvalue weighted by Crippen LogP contribution is -2.16. The third-order valence-corrected chi connectivity index (χ3v) is 2.39. The molecule has 4 nitrogen and oxygen atoms in total. The lowest BCUT2D eigenvalue weighted by Gasteiger charge is -2.06. The van der Waals surface area contributed by atoms with Gasteiger partial charge in [0, 0.05) is 17.7 Å². The molecule has 7 heteroatoms. The van der Waals surface area contributed by atoms with Crippen LogP contribution in [0.5, 0.6) is 5.75 Å². The third-order valence-electron chi connectivity index (χ3n) is 1.70. The Labute approximate surface area is 85.7 Å². The van der Waals surface area contributed by atoms with Crippen LogP contribution in [-0.2, 0) is 15.8 Å². The molecule has 1 aromatic rings. The van der Waals surface area contributed by atoms with Crippen molar-refractivity contribution in [3.63, 3.8) is 0 Å². The molecule has 84 valence electrons. The van der Waals surface area contributed by atoms with Gasteiger partial charge in [0.2, 0.25) is 10.0 Å². The molecule has 1 rings (SSSR count). The van der Waals surface area contributed by atoms with Crippen molar-refractivity contribution in [2.45, 2.75) is 5.75 Å². The lowest BCUT2D eigenvalue weighted by molar-refractivity contribution is 0.405. The molecule has 0 aliphatic rings. The molecular weight excluding hydrogens is 228 g/mol. The zero-order valence-corrected chi connectivity index (χ0v) is 8.64. The van der Waals surface area contributed by atoms with Gasteiger partial charge >= 0.3 is 0 Å². The maximum absolute atomic E-state index is 13.2. The number of primary sulfonamides is 1. The molecule has 0 spiro atoms. The van der Waals surface area contributed by atoms with Gasteiger partial charge in [-0.25, -0.2) is 22.3 Å². The summed E-state index contributed by atoms with van der Waals surface area (Å²) in [6, 6.07) is 1.78. The van der Waals surface area contributed by atoms with Gasteiger partial charge in [-0.3, -0.25) is 0 Å². The highest BCUT2D eigenvalue weighted by Crippen LogP contribution is 2.21. The maximum Gasteiger partial charge on any atom is 0.213 e. The van der Waals surface area contributed by atoms with Crippen molar-refractivity contribution < 1.29 is 21.9 Å². The Morgan fingerprint density at radius 3 is 2.13 bits per heavy atom. The van der Waals surface area contributed by atoms with E-state index in [9.17, 15) is 17.2 Å². The number of halogens is 2. The molecule has 1 aromatic carbocycles. The summed E-state index contributed by atoms with van der Waals surface area (Å²) in [5, 5.41) is 4.68. The molecule has 0 radical (unpaired) electrons. The van der Waals surface area contributed by atoms with Crippen LogP contribution in [0.2, 0.25) is 0 Å². The predicted molar refractivity (Wildman–Crippen MR) is 49.7 cm³/mol. The quantitative estimate of drug-likeness (QED) is 0.843. The van der Waals surface area contributed by atoms with E-state index in [-0.39, 0.29) is 5.75 Å². The fourth-order valence-electron chi connectivity index (χ4n) is 1.04. The number of sulfonamides is 1. The highest BCUT2D eigenvalue weighted by Gasteiger charge is 2.16. The Morgan fingerprint density at radius 1 is 1.33 bits per heavy atom. The van der Waals surface area contributed by atoms with Crippen molar-refractivity contribution in [1.29, 1.82) is 0 Å². The minimum absolute atomic E-state index is 0.0248. The average molecular weight is 237 g/mol. The van der Waals surface area contributed by atoms with E-state index >= 15 is 0 Å². The topological polar surface area (TPSA) is 69.4 Å². The first-order valence-corrected chi connectivity index (χ1v) is 5.57. The van der Waals surface area contributed by atoms with Crippen LogP contribution >= 0.6 is 0 Å². The van der Waals surface area contributed by atoms with Gasteiger partial charge in [0.15, 0.2) is 0 Å². The minimum Gasteiger partial charge on any atom is -0.497 e. The van der Waals surface area contributed by atoms with Crippen molar-refractivity contribution in [1.82, 2.24) is 0 Å². The molecule has 0 saturated carbocycles. The molecule has 0 aliphatic carbocycles. The van der Waals surface area contributed by atoms with Crippen LogP contribution in [0, 0.1) is 11.6 Å². The van der Waals surface area contributed by atoms with Gasteiger partial charge in [0.05, 0.1) is 12.9 Å². The molecule has 0 saturated heterocycles. The van der Waals surface area contributed by atoms with E-state index in [1.54, 1.807) is 0 Å². The number of methoxy groups -OCH3 is 1. The van der Waals surface area contributed by atoms with Crippen molar-refractivity contribution in [3.05, 3.63) is 29.3 Å². The second-order valence-electron chi connectivity index (χ2n) is 2.88. The second kappa shape index (κ2) is 4.11. The number of hydrogen-bond donors (Lipinski definition) is 1. The van der Waals surface area contributed by atoms with E-state index in [4.69, 9.17) is 0 Å². The van der Waals surface area contributed by atoms with Crippen LogP contribution in [0.25, 0.3) is 0 Å². The molecule has 0 aromatic heterocycles. The molecule has 0 bridgehead atoms. The molecule has 15 heavy (non-hydrogen) atoms. The smallest absolute Gasteiger partial charge is 0.213 e.